The molecule has 6 heteroatoms. The van der Waals surface area contributed by atoms with Crippen molar-refractivity contribution in [2.45, 2.75) is 32.6 Å². The van der Waals surface area contributed by atoms with E-state index in [0.29, 0.717) is 31.7 Å². The number of para-hydroxylation sites is 1. The highest BCUT2D eigenvalue weighted by Gasteiger charge is 2.40. The number of pyridine rings is 2. The van der Waals surface area contributed by atoms with Gasteiger partial charge in [0.25, 0.3) is 5.56 Å². The maximum Gasteiger partial charge on any atom is 0.254 e. The minimum absolute atomic E-state index is 0.00674. The zero-order chi connectivity index (χ0) is 18.8. The second-order valence-corrected chi connectivity index (χ2v) is 8.11. The van der Waals surface area contributed by atoms with Gasteiger partial charge < -0.3 is 14.0 Å². The molecule has 1 fully saturated rings. The largest absolute Gasteiger partial charge is 0.343 e. The fourth-order valence-electron chi connectivity index (χ4n) is 4.23. The van der Waals surface area contributed by atoms with Gasteiger partial charge in [0, 0.05) is 32.1 Å². The van der Waals surface area contributed by atoms with Gasteiger partial charge in [0.2, 0.25) is 0 Å². The molecule has 2 aliphatic heterocycles. The van der Waals surface area contributed by atoms with Crippen LogP contribution in [0.15, 0.2) is 35.1 Å². The Morgan fingerprint density at radius 2 is 2.00 bits per heavy atom. The highest BCUT2D eigenvalue weighted by molar-refractivity contribution is 14.1. The SMILES string of the molecule is CCC1(c2cc3n(c(=O)c2C)Cc2c-3nc3ccccc3c2I)OCCO1. The van der Waals surface area contributed by atoms with E-state index in [1.54, 1.807) is 0 Å². The molecule has 0 unspecified atom stereocenters. The summed E-state index contributed by atoms with van der Waals surface area (Å²) < 4.78 is 14.9. The molecule has 138 valence electrons. The van der Waals surface area contributed by atoms with Crippen LogP contribution in [0.2, 0.25) is 0 Å². The highest BCUT2D eigenvalue weighted by atomic mass is 127. The predicted octanol–water partition coefficient (Wildman–Crippen LogP) is 3.95. The average Bonchev–Trinajstić information content (AvgIpc) is 3.31. The summed E-state index contributed by atoms with van der Waals surface area (Å²) in [5, 5.41) is 1.13. The third-order valence-corrected chi connectivity index (χ3v) is 6.89. The van der Waals surface area contributed by atoms with Gasteiger partial charge in [-0.1, -0.05) is 25.1 Å². The lowest BCUT2D eigenvalue weighted by molar-refractivity contribution is -0.168. The summed E-state index contributed by atoms with van der Waals surface area (Å²) in [6.07, 6.45) is 0.659. The number of hydrogen-bond acceptors (Lipinski definition) is 4. The van der Waals surface area contributed by atoms with Crippen molar-refractivity contribution < 1.29 is 9.47 Å². The van der Waals surface area contributed by atoms with E-state index in [2.05, 4.69) is 34.7 Å². The number of ether oxygens (including phenoxy) is 2. The first kappa shape index (κ1) is 17.3. The molecule has 5 nitrogen and oxygen atoms in total. The Bertz CT molecular complexity index is 1150. The lowest BCUT2D eigenvalue weighted by Crippen LogP contribution is -2.32. The van der Waals surface area contributed by atoms with E-state index in [9.17, 15) is 4.79 Å². The molecular weight excluding hydrogens is 455 g/mol. The number of fused-ring (bicyclic) bond motifs is 4. The zero-order valence-electron chi connectivity index (χ0n) is 15.2. The summed E-state index contributed by atoms with van der Waals surface area (Å²) in [6.45, 7) is 5.54. The van der Waals surface area contributed by atoms with Crippen LogP contribution in [0.25, 0.3) is 22.3 Å². The molecule has 5 rings (SSSR count). The van der Waals surface area contributed by atoms with E-state index in [1.807, 2.05) is 36.6 Å². The van der Waals surface area contributed by atoms with Crippen LogP contribution in [0.4, 0.5) is 0 Å². The van der Waals surface area contributed by atoms with Crippen molar-refractivity contribution in [3.8, 4) is 11.4 Å². The van der Waals surface area contributed by atoms with Gasteiger partial charge in [-0.2, -0.15) is 0 Å². The summed E-state index contributed by atoms with van der Waals surface area (Å²) in [7, 11) is 0. The molecule has 0 aliphatic carbocycles. The van der Waals surface area contributed by atoms with Crippen LogP contribution in [-0.4, -0.2) is 22.8 Å². The Morgan fingerprint density at radius 1 is 1.26 bits per heavy atom. The van der Waals surface area contributed by atoms with Crippen molar-refractivity contribution in [1.82, 2.24) is 9.55 Å². The van der Waals surface area contributed by atoms with Crippen molar-refractivity contribution in [2.24, 2.45) is 0 Å². The molecule has 2 aromatic heterocycles. The van der Waals surface area contributed by atoms with Crippen molar-refractivity contribution in [3.05, 3.63) is 60.9 Å². The van der Waals surface area contributed by atoms with Crippen LogP contribution >= 0.6 is 22.6 Å². The predicted molar refractivity (Wildman–Crippen MR) is 112 cm³/mol. The molecule has 0 radical (unpaired) electrons. The summed E-state index contributed by atoms with van der Waals surface area (Å²) in [5.74, 6) is -0.828. The normalized spacial score (nSPS) is 17.3. The topological polar surface area (TPSA) is 53.4 Å². The Morgan fingerprint density at radius 3 is 2.74 bits per heavy atom. The first-order chi connectivity index (χ1) is 13.1. The molecule has 1 aromatic carbocycles. The van der Waals surface area contributed by atoms with Gasteiger partial charge in [-0.3, -0.25) is 4.79 Å². The van der Waals surface area contributed by atoms with Crippen LogP contribution in [-0.2, 0) is 21.8 Å². The Hall–Kier alpha value is -1.77. The van der Waals surface area contributed by atoms with E-state index >= 15 is 0 Å². The Labute approximate surface area is 170 Å². The molecule has 0 bridgehead atoms. The molecule has 0 amide bonds. The van der Waals surface area contributed by atoms with Gasteiger partial charge in [0.05, 0.1) is 36.7 Å². The zero-order valence-corrected chi connectivity index (χ0v) is 17.4. The lowest BCUT2D eigenvalue weighted by atomic mass is 9.97. The molecule has 1 saturated heterocycles. The number of nitrogens with zero attached hydrogens (tertiary/aromatic N) is 2. The van der Waals surface area contributed by atoms with Gasteiger partial charge in [-0.25, -0.2) is 4.98 Å². The molecule has 3 aromatic rings. The fourth-order valence-corrected chi connectivity index (χ4v) is 5.11. The third-order valence-electron chi connectivity index (χ3n) is 5.65. The van der Waals surface area contributed by atoms with E-state index in [1.165, 1.54) is 0 Å². The van der Waals surface area contributed by atoms with Crippen molar-refractivity contribution in [1.29, 1.82) is 0 Å². The van der Waals surface area contributed by atoms with Crippen LogP contribution in [0.5, 0.6) is 0 Å². The average molecular weight is 474 g/mol. The van der Waals surface area contributed by atoms with Crippen molar-refractivity contribution in [2.75, 3.05) is 13.2 Å². The summed E-state index contributed by atoms with van der Waals surface area (Å²) in [4.78, 5) is 18.1. The van der Waals surface area contributed by atoms with Crippen molar-refractivity contribution in [3.63, 3.8) is 0 Å². The molecule has 0 atom stereocenters. The van der Waals surface area contributed by atoms with Gasteiger partial charge in [-0.05, 0) is 41.6 Å². The first-order valence-electron chi connectivity index (χ1n) is 9.16. The quantitative estimate of drug-likeness (QED) is 0.413. The maximum atomic E-state index is 13.2. The van der Waals surface area contributed by atoms with E-state index in [0.717, 1.165) is 37.0 Å². The van der Waals surface area contributed by atoms with Crippen LogP contribution in [0, 0.1) is 10.5 Å². The summed E-state index contributed by atoms with van der Waals surface area (Å²) in [6, 6.07) is 10.2. The number of rotatable bonds is 2. The van der Waals surface area contributed by atoms with Gasteiger partial charge in [0.15, 0.2) is 5.79 Å². The molecule has 2 aliphatic rings. The summed E-state index contributed by atoms with van der Waals surface area (Å²) >= 11 is 2.38. The van der Waals surface area contributed by atoms with E-state index in [4.69, 9.17) is 14.5 Å². The van der Waals surface area contributed by atoms with Crippen LogP contribution in [0.3, 0.4) is 0 Å². The first-order valence-corrected chi connectivity index (χ1v) is 10.2. The molecule has 0 saturated carbocycles. The van der Waals surface area contributed by atoms with Crippen LogP contribution in [0.1, 0.15) is 30.0 Å². The third kappa shape index (κ3) is 2.36. The number of benzene rings is 1. The Balaban J connectivity index is 1.80. The van der Waals surface area contributed by atoms with Gasteiger partial charge in [0.1, 0.15) is 0 Å². The molecule has 27 heavy (non-hydrogen) atoms. The lowest BCUT2D eigenvalue weighted by Gasteiger charge is -2.28. The van der Waals surface area contributed by atoms with Crippen molar-refractivity contribution >= 4 is 33.5 Å². The van der Waals surface area contributed by atoms with Crippen LogP contribution < -0.4 is 5.56 Å². The smallest absolute Gasteiger partial charge is 0.254 e. The Kier molecular flexibility index (Phi) is 3.93. The summed E-state index contributed by atoms with van der Waals surface area (Å²) in [5.41, 5.74) is 5.33. The minimum Gasteiger partial charge on any atom is -0.343 e. The molecular formula is C21H19IN2O3. The fraction of sp³-hybridized carbons (Fsp3) is 0.333. The molecule has 0 spiro atoms. The van der Waals surface area contributed by atoms with Gasteiger partial charge in [-0.15, -0.1) is 0 Å². The minimum atomic E-state index is -0.828. The number of aromatic nitrogens is 2. The van der Waals surface area contributed by atoms with Gasteiger partial charge >= 0.3 is 0 Å². The maximum absolute atomic E-state index is 13.2. The molecule has 4 heterocycles. The molecule has 0 N–H and O–H groups in total. The second kappa shape index (κ2) is 6.12. The van der Waals surface area contributed by atoms with E-state index in [-0.39, 0.29) is 5.56 Å². The number of hydrogen-bond donors (Lipinski definition) is 0. The van der Waals surface area contributed by atoms with E-state index < -0.39 is 5.79 Å². The number of halogens is 1. The second-order valence-electron chi connectivity index (χ2n) is 7.03. The monoisotopic (exact) mass is 474 g/mol. The standard InChI is InChI=1S/C21H19IN2O3/c1-3-21(26-8-9-27-21)15-10-17-19-14(11-24(17)20(25)12(15)2)18(22)13-6-4-5-7-16(13)23-19/h4-7,10H,3,8-9,11H2,1-2H3. The highest BCUT2D eigenvalue weighted by Crippen LogP contribution is 2.41.